The molecule has 0 aliphatic heterocycles. The summed E-state index contributed by atoms with van der Waals surface area (Å²) in [6.07, 6.45) is 1.83. The minimum atomic E-state index is 0.213. The fraction of sp³-hybridized carbons (Fsp3) is 0.368. The zero-order valence-electron chi connectivity index (χ0n) is 15.6. The Labute approximate surface area is 157 Å². The first-order valence-electron chi connectivity index (χ1n) is 8.31. The lowest BCUT2D eigenvalue weighted by atomic mass is 10.2. The van der Waals surface area contributed by atoms with Gasteiger partial charge in [-0.2, -0.15) is 0 Å². The summed E-state index contributed by atoms with van der Waals surface area (Å²) in [6, 6.07) is 5.80. The van der Waals surface area contributed by atoms with Gasteiger partial charge >= 0.3 is 0 Å². The zero-order chi connectivity index (χ0) is 18.7. The molecule has 0 amide bonds. The van der Waals surface area contributed by atoms with Crippen molar-refractivity contribution in [2.24, 2.45) is 0 Å². The van der Waals surface area contributed by atoms with Crippen LogP contribution < -0.4 is 9.47 Å². The van der Waals surface area contributed by atoms with Crippen molar-refractivity contribution in [1.29, 1.82) is 0 Å². The van der Waals surface area contributed by atoms with E-state index in [1.165, 1.54) is 0 Å². The molecule has 2 aromatic heterocycles. The number of nitrogens with zero attached hydrogens (tertiary/aromatic N) is 3. The van der Waals surface area contributed by atoms with Gasteiger partial charge in [0.25, 0.3) is 0 Å². The van der Waals surface area contributed by atoms with Gasteiger partial charge in [0.1, 0.15) is 22.3 Å². The van der Waals surface area contributed by atoms with Crippen molar-refractivity contribution in [3.8, 4) is 23.0 Å². The van der Waals surface area contributed by atoms with Crippen molar-refractivity contribution in [2.45, 2.75) is 26.4 Å². The maximum Gasteiger partial charge on any atom is 0.230 e. The van der Waals surface area contributed by atoms with Crippen molar-refractivity contribution in [2.75, 3.05) is 21.3 Å². The molecule has 0 aliphatic rings. The molecule has 0 spiro atoms. The number of methoxy groups -OCH3 is 2. The Balaban J connectivity index is 1.83. The summed E-state index contributed by atoms with van der Waals surface area (Å²) >= 11 is 1.66. The van der Waals surface area contributed by atoms with E-state index in [4.69, 9.17) is 18.9 Å². The molecular formula is C19H23N3O3S. The van der Waals surface area contributed by atoms with Crippen LogP contribution in [-0.2, 0) is 6.54 Å². The summed E-state index contributed by atoms with van der Waals surface area (Å²) in [5.41, 5.74) is 1.71. The average Bonchev–Trinajstić information content (AvgIpc) is 3.31. The fourth-order valence-electron chi connectivity index (χ4n) is 2.67. The molecule has 2 heterocycles. The highest BCUT2D eigenvalue weighted by molar-refractivity contribution is 7.09. The van der Waals surface area contributed by atoms with E-state index < -0.39 is 0 Å². The SMILES string of the molecule is COc1ccc(-c2nc(CN(C)C(C)c3nccs3)c(C)o2)c(OC)c1. The Morgan fingerprint density at radius 1 is 1.27 bits per heavy atom. The maximum atomic E-state index is 5.92. The molecule has 1 unspecified atom stereocenters. The number of oxazole rings is 1. The highest BCUT2D eigenvalue weighted by atomic mass is 32.1. The van der Waals surface area contributed by atoms with Gasteiger partial charge in [-0.1, -0.05) is 0 Å². The number of hydrogen-bond acceptors (Lipinski definition) is 7. The van der Waals surface area contributed by atoms with Crippen LogP contribution in [0.5, 0.6) is 11.5 Å². The van der Waals surface area contributed by atoms with Gasteiger partial charge in [-0.3, -0.25) is 4.90 Å². The van der Waals surface area contributed by atoms with Crippen LogP contribution in [0.2, 0.25) is 0 Å². The van der Waals surface area contributed by atoms with Gasteiger partial charge in [-0.15, -0.1) is 11.3 Å². The topological polar surface area (TPSA) is 60.6 Å². The molecule has 3 aromatic rings. The van der Waals surface area contributed by atoms with Crippen LogP contribution in [0.1, 0.15) is 29.4 Å². The Bertz CT molecular complexity index is 861. The molecule has 138 valence electrons. The molecule has 6 nitrogen and oxygen atoms in total. The normalized spacial score (nSPS) is 12.4. The lowest BCUT2D eigenvalue weighted by Crippen LogP contribution is -2.22. The van der Waals surface area contributed by atoms with Gasteiger partial charge in [0, 0.05) is 24.2 Å². The van der Waals surface area contributed by atoms with Crippen LogP contribution in [0.25, 0.3) is 11.5 Å². The first-order valence-corrected chi connectivity index (χ1v) is 9.19. The first kappa shape index (κ1) is 18.4. The second-order valence-electron chi connectivity index (χ2n) is 6.05. The van der Waals surface area contributed by atoms with Crippen molar-refractivity contribution < 1.29 is 13.9 Å². The predicted molar refractivity (Wildman–Crippen MR) is 102 cm³/mol. The van der Waals surface area contributed by atoms with Gasteiger partial charge in [0.15, 0.2) is 0 Å². The summed E-state index contributed by atoms with van der Waals surface area (Å²) in [6.45, 7) is 4.75. The number of rotatable bonds is 7. The van der Waals surface area contributed by atoms with E-state index in [2.05, 4.69) is 23.9 Å². The number of aromatic nitrogens is 2. The monoisotopic (exact) mass is 373 g/mol. The van der Waals surface area contributed by atoms with E-state index in [1.54, 1.807) is 25.6 Å². The summed E-state index contributed by atoms with van der Waals surface area (Å²) in [4.78, 5) is 11.3. The van der Waals surface area contributed by atoms with Gasteiger partial charge in [-0.05, 0) is 33.0 Å². The van der Waals surface area contributed by atoms with Gasteiger partial charge < -0.3 is 13.9 Å². The Morgan fingerprint density at radius 2 is 2.08 bits per heavy atom. The van der Waals surface area contributed by atoms with Crippen LogP contribution in [0.3, 0.4) is 0 Å². The van der Waals surface area contributed by atoms with Crippen LogP contribution in [0.15, 0.2) is 34.2 Å². The first-order chi connectivity index (χ1) is 12.5. The van der Waals surface area contributed by atoms with E-state index in [0.717, 1.165) is 27.8 Å². The molecular weight excluding hydrogens is 350 g/mol. The Kier molecular flexibility index (Phi) is 5.58. The molecule has 0 fully saturated rings. The highest BCUT2D eigenvalue weighted by Gasteiger charge is 2.20. The lowest BCUT2D eigenvalue weighted by molar-refractivity contribution is 0.248. The van der Waals surface area contributed by atoms with Crippen LogP contribution in [-0.4, -0.2) is 36.1 Å². The van der Waals surface area contributed by atoms with Crippen LogP contribution in [0.4, 0.5) is 0 Å². The van der Waals surface area contributed by atoms with E-state index >= 15 is 0 Å². The van der Waals surface area contributed by atoms with Crippen LogP contribution in [0, 0.1) is 6.92 Å². The number of thiazole rings is 1. The minimum Gasteiger partial charge on any atom is -0.497 e. The summed E-state index contributed by atoms with van der Waals surface area (Å²) in [5.74, 6) is 2.75. The minimum absolute atomic E-state index is 0.213. The summed E-state index contributed by atoms with van der Waals surface area (Å²) < 4.78 is 16.6. The molecule has 1 aromatic carbocycles. The third-order valence-electron chi connectivity index (χ3n) is 4.40. The number of ether oxygens (including phenoxy) is 2. The maximum absolute atomic E-state index is 5.92. The predicted octanol–water partition coefficient (Wildman–Crippen LogP) is 4.32. The quantitative estimate of drug-likeness (QED) is 0.615. The van der Waals surface area contributed by atoms with Crippen LogP contribution >= 0.6 is 11.3 Å². The molecule has 0 saturated carbocycles. The van der Waals surface area contributed by atoms with Gasteiger partial charge in [0.05, 0.1) is 31.5 Å². The van der Waals surface area contributed by atoms with E-state index in [9.17, 15) is 0 Å². The Morgan fingerprint density at radius 3 is 2.73 bits per heavy atom. The molecule has 0 bridgehead atoms. The molecule has 0 aliphatic carbocycles. The summed E-state index contributed by atoms with van der Waals surface area (Å²) in [7, 11) is 5.31. The van der Waals surface area contributed by atoms with E-state index in [-0.39, 0.29) is 6.04 Å². The number of hydrogen-bond donors (Lipinski definition) is 0. The van der Waals surface area contributed by atoms with Crippen molar-refractivity contribution in [3.05, 3.63) is 46.2 Å². The molecule has 0 saturated heterocycles. The average molecular weight is 373 g/mol. The van der Waals surface area contributed by atoms with Crippen molar-refractivity contribution >= 4 is 11.3 Å². The lowest BCUT2D eigenvalue weighted by Gasteiger charge is -2.21. The van der Waals surface area contributed by atoms with Crippen molar-refractivity contribution in [3.63, 3.8) is 0 Å². The van der Waals surface area contributed by atoms with Gasteiger partial charge in [0.2, 0.25) is 5.89 Å². The van der Waals surface area contributed by atoms with E-state index in [0.29, 0.717) is 18.2 Å². The van der Waals surface area contributed by atoms with E-state index in [1.807, 2.05) is 36.7 Å². The number of benzene rings is 1. The molecule has 0 radical (unpaired) electrons. The second kappa shape index (κ2) is 7.88. The zero-order valence-corrected chi connectivity index (χ0v) is 16.5. The fourth-order valence-corrected chi connectivity index (χ4v) is 3.43. The van der Waals surface area contributed by atoms with Crippen molar-refractivity contribution in [1.82, 2.24) is 14.9 Å². The Hall–Kier alpha value is -2.38. The smallest absolute Gasteiger partial charge is 0.230 e. The largest absolute Gasteiger partial charge is 0.497 e. The highest BCUT2D eigenvalue weighted by Crippen LogP contribution is 2.34. The molecule has 3 rings (SSSR count). The second-order valence-corrected chi connectivity index (χ2v) is 6.98. The standard InChI is InChI=1S/C19H23N3O3S/c1-12(19-20-8-9-26-19)22(3)11-16-13(2)25-18(21-16)15-7-6-14(23-4)10-17(15)24-5/h6-10,12H,11H2,1-5H3. The van der Waals surface area contributed by atoms with Gasteiger partial charge in [-0.25, -0.2) is 9.97 Å². The summed E-state index contributed by atoms with van der Waals surface area (Å²) in [5, 5.41) is 3.08. The molecule has 0 N–H and O–H groups in total. The number of aryl methyl sites for hydroxylation is 1. The molecule has 1 atom stereocenters. The third kappa shape index (κ3) is 3.73. The third-order valence-corrected chi connectivity index (χ3v) is 5.35. The molecule has 7 heteroatoms. The molecule has 26 heavy (non-hydrogen) atoms.